The molecule has 10 nitrogen and oxygen atoms in total. The van der Waals surface area contributed by atoms with Crippen molar-refractivity contribution in [2.24, 2.45) is 0 Å². The molecule has 0 radical (unpaired) electrons. The molecule has 0 saturated carbocycles. The molecule has 2 aliphatic heterocycles. The minimum Gasteiger partial charge on any atom is -0.404 e. The minimum atomic E-state index is -4.17. The van der Waals surface area contributed by atoms with Gasteiger partial charge in [-0.25, -0.2) is 13.8 Å². The SMILES string of the molecule is O=c1[nH]c(=O)n([C@@H]2O[C@](F)(COP3(=O)OCc4cc(Cl)ccc4O3)C[C@H]2O)cc1Cl. The Morgan fingerprint density at radius 3 is 2.93 bits per heavy atom. The lowest BCUT2D eigenvalue weighted by Gasteiger charge is -2.27. The Hall–Kier alpha value is -1.72. The molecule has 1 fully saturated rings. The summed E-state index contributed by atoms with van der Waals surface area (Å²) in [5.41, 5.74) is -1.26. The Bertz CT molecular complexity index is 1160. The van der Waals surface area contributed by atoms with Crippen LogP contribution in [0.3, 0.4) is 0 Å². The van der Waals surface area contributed by atoms with E-state index in [-0.39, 0.29) is 17.4 Å². The van der Waals surface area contributed by atoms with E-state index in [0.717, 1.165) is 10.8 Å². The molecule has 0 amide bonds. The first-order valence-corrected chi connectivity index (χ1v) is 10.7. The predicted molar refractivity (Wildman–Crippen MR) is 101 cm³/mol. The molecule has 1 unspecified atom stereocenters. The van der Waals surface area contributed by atoms with E-state index < -0.39 is 50.3 Å². The number of nitrogens with zero attached hydrogens (tertiary/aromatic N) is 1. The van der Waals surface area contributed by atoms with Gasteiger partial charge in [-0.1, -0.05) is 23.2 Å². The summed E-state index contributed by atoms with van der Waals surface area (Å²) in [7, 11) is -4.17. The van der Waals surface area contributed by atoms with Crippen LogP contribution < -0.4 is 15.8 Å². The van der Waals surface area contributed by atoms with Crippen molar-refractivity contribution in [3.8, 4) is 5.75 Å². The maximum absolute atomic E-state index is 15.1. The Morgan fingerprint density at radius 1 is 1.40 bits per heavy atom. The quantitative estimate of drug-likeness (QED) is 0.635. The van der Waals surface area contributed by atoms with Crippen LogP contribution in [0.25, 0.3) is 0 Å². The summed E-state index contributed by atoms with van der Waals surface area (Å²) in [6.45, 7) is -1.06. The van der Waals surface area contributed by atoms with Crippen LogP contribution in [-0.4, -0.2) is 33.2 Å². The van der Waals surface area contributed by atoms with Gasteiger partial charge in [0.25, 0.3) is 5.56 Å². The number of fused-ring (bicyclic) bond motifs is 1. The van der Waals surface area contributed by atoms with E-state index in [9.17, 15) is 19.3 Å². The van der Waals surface area contributed by atoms with Gasteiger partial charge < -0.3 is 14.4 Å². The van der Waals surface area contributed by atoms with Crippen LogP contribution in [0.2, 0.25) is 10.0 Å². The van der Waals surface area contributed by atoms with Crippen LogP contribution in [0.5, 0.6) is 5.75 Å². The average Bonchev–Trinajstić information content (AvgIpc) is 2.98. The van der Waals surface area contributed by atoms with Crippen molar-refractivity contribution in [1.29, 1.82) is 0 Å². The number of halogens is 3. The molecular weight excluding hydrogens is 469 g/mol. The summed E-state index contributed by atoms with van der Waals surface area (Å²) < 4.78 is 49.0. The number of ether oxygens (including phenoxy) is 1. The maximum atomic E-state index is 15.1. The molecule has 30 heavy (non-hydrogen) atoms. The number of rotatable bonds is 4. The van der Waals surface area contributed by atoms with Gasteiger partial charge in [0.2, 0.25) is 5.85 Å². The van der Waals surface area contributed by atoms with E-state index in [0.29, 0.717) is 10.6 Å². The van der Waals surface area contributed by atoms with Gasteiger partial charge in [0.1, 0.15) is 23.5 Å². The van der Waals surface area contributed by atoms with E-state index in [1.807, 2.05) is 4.98 Å². The fraction of sp³-hybridized carbons (Fsp3) is 0.375. The zero-order valence-electron chi connectivity index (χ0n) is 14.9. The highest BCUT2D eigenvalue weighted by Gasteiger charge is 2.50. The number of benzene rings is 1. The highest BCUT2D eigenvalue weighted by Crippen LogP contribution is 2.55. The van der Waals surface area contributed by atoms with Crippen LogP contribution in [-0.2, 0) is 25.0 Å². The smallest absolute Gasteiger partial charge is 0.404 e. The molecule has 0 bridgehead atoms. The van der Waals surface area contributed by atoms with Crippen LogP contribution in [0, 0.1) is 0 Å². The van der Waals surface area contributed by atoms with Crippen molar-refractivity contribution < 1.29 is 32.4 Å². The number of aromatic amines is 1. The van der Waals surface area contributed by atoms with Gasteiger partial charge in [0.05, 0.1) is 6.61 Å². The standard InChI is InChI=1S/C16H14Cl2FN2O8P/c17-9-1-2-12-8(3-9)6-26-30(25,29-12)27-7-16(19)4-11(22)14(28-16)21-5-10(18)13(23)20-15(21)24/h1-3,5,11,14,22H,4,6-7H2,(H,20,23,24)/t11-,14-,16+,30?/m1/s1. The van der Waals surface area contributed by atoms with E-state index in [1.54, 1.807) is 6.07 Å². The Labute approximate surface area is 177 Å². The summed E-state index contributed by atoms with van der Waals surface area (Å²) in [4.78, 5) is 25.2. The second-order valence-corrected chi connectivity index (χ2v) is 9.08. The number of nitrogens with one attached hydrogen (secondary N) is 1. The van der Waals surface area contributed by atoms with Crippen LogP contribution in [0.4, 0.5) is 4.39 Å². The van der Waals surface area contributed by atoms with Gasteiger partial charge >= 0.3 is 13.5 Å². The molecule has 162 valence electrons. The Morgan fingerprint density at radius 2 is 2.17 bits per heavy atom. The van der Waals surface area contributed by atoms with Crippen LogP contribution in [0.1, 0.15) is 18.2 Å². The van der Waals surface area contributed by atoms with Crippen molar-refractivity contribution >= 4 is 31.0 Å². The second kappa shape index (κ2) is 7.76. The highest BCUT2D eigenvalue weighted by molar-refractivity contribution is 7.49. The molecule has 0 aliphatic carbocycles. The third-order valence-corrected chi connectivity index (χ3v) is 6.24. The van der Waals surface area contributed by atoms with Crippen molar-refractivity contribution in [2.75, 3.05) is 6.61 Å². The summed E-state index contributed by atoms with van der Waals surface area (Å²) >= 11 is 11.5. The molecule has 1 aromatic carbocycles. The van der Waals surface area contributed by atoms with Gasteiger partial charge in [0.15, 0.2) is 6.23 Å². The molecular formula is C16H14Cl2FN2O8P. The molecule has 0 spiro atoms. The van der Waals surface area contributed by atoms with E-state index in [1.165, 1.54) is 12.1 Å². The lowest BCUT2D eigenvalue weighted by molar-refractivity contribution is -0.179. The Balaban J connectivity index is 1.47. The van der Waals surface area contributed by atoms with E-state index in [4.69, 9.17) is 41.5 Å². The Kier molecular flexibility index (Phi) is 5.56. The molecule has 3 heterocycles. The van der Waals surface area contributed by atoms with Gasteiger partial charge in [-0.2, -0.15) is 0 Å². The second-order valence-electron chi connectivity index (χ2n) is 6.64. The summed E-state index contributed by atoms with van der Waals surface area (Å²) in [5, 5.41) is 10.2. The molecule has 2 aromatic rings. The normalized spacial score (nSPS) is 30.7. The number of hydrogen-bond acceptors (Lipinski definition) is 8. The number of aromatic nitrogens is 2. The first kappa shape index (κ1) is 21.5. The van der Waals surface area contributed by atoms with Crippen molar-refractivity contribution in [2.45, 2.75) is 31.2 Å². The van der Waals surface area contributed by atoms with Gasteiger partial charge in [-0.05, 0) is 18.2 Å². The third-order valence-electron chi connectivity index (χ3n) is 4.42. The lowest BCUT2D eigenvalue weighted by atomic mass is 10.2. The number of alkyl halides is 1. The number of phosphoric ester groups is 1. The van der Waals surface area contributed by atoms with Gasteiger partial charge in [-0.3, -0.25) is 23.4 Å². The fourth-order valence-corrected chi connectivity index (χ4v) is 4.62. The highest BCUT2D eigenvalue weighted by atomic mass is 35.5. The number of aliphatic hydroxyl groups excluding tert-OH is 1. The lowest BCUT2D eigenvalue weighted by Crippen LogP contribution is -2.36. The molecule has 4 atom stereocenters. The molecule has 14 heteroatoms. The number of aliphatic hydroxyl groups is 1. The average molecular weight is 483 g/mol. The first-order chi connectivity index (χ1) is 14.1. The maximum Gasteiger partial charge on any atom is 0.530 e. The molecule has 2 N–H and O–H groups in total. The zero-order chi connectivity index (χ0) is 21.7. The van der Waals surface area contributed by atoms with Crippen molar-refractivity contribution in [3.63, 3.8) is 0 Å². The van der Waals surface area contributed by atoms with Crippen molar-refractivity contribution in [1.82, 2.24) is 9.55 Å². The third kappa shape index (κ3) is 4.19. The summed E-state index contributed by atoms with van der Waals surface area (Å²) in [6, 6.07) is 4.55. The largest absolute Gasteiger partial charge is 0.530 e. The predicted octanol–water partition coefficient (Wildman–Crippen LogP) is 2.52. The van der Waals surface area contributed by atoms with E-state index >= 15 is 4.39 Å². The molecule has 1 aromatic heterocycles. The zero-order valence-corrected chi connectivity index (χ0v) is 17.3. The topological polar surface area (TPSA) is 129 Å². The van der Waals surface area contributed by atoms with Crippen LogP contribution >= 0.6 is 31.0 Å². The van der Waals surface area contributed by atoms with Gasteiger partial charge in [-0.15, -0.1) is 0 Å². The molecule has 4 rings (SSSR count). The van der Waals surface area contributed by atoms with Crippen LogP contribution in [0.15, 0.2) is 34.0 Å². The minimum absolute atomic E-state index is 0.135. The number of hydrogen-bond donors (Lipinski definition) is 2. The number of H-pyrrole nitrogens is 1. The van der Waals surface area contributed by atoms with E-state index in [2.05, 4.69) is 0 Å². The van der Waals surface area contributed by atoms with Crippen molar-refractivity contribution in [3.05, 3.63) is 60.8 Å². The summed E-state index contributed by atoms with van der Waals surface area (Å²) in [5.74, 6) is -2.42. The fourth-order valence-electron chi connectivity index (χ4n) is 3.03. The summed E-state index contributed by atoms with van der Waals surface area (Å²) in [6.07, 6.45) is -2.69. The van der Waals surface area contributed by atoms with Gasteiger partial charge in [0, 0.05) is 23.2 Å². The monoisotopic (exact) mass is 482 g/mol. The first-order valence-electron chi connectivity index (χ1n) is 8.50. The molecule has 1 saturated heterocycles. The number of phosphoric acid groups is 1. The molecule has 2 aliphatic rings.